The van der Waals surface area contributed by atoms with Crippen LogP contribution in [0.2, 0.25) is 0 Å². The van der Waals surface area contributed by atoms with Gasteiger partial charge in [0.2, 0.25) is 0 Å². The van der Waals surface area contributed by atoms with Crippen LogP contribution in [0.25, 0.3) is 0 Å². The molecule has 0 aromatic heterocycles. The van der Waals surface area contributed by atoms with Crippen molar-refractivity contribution >= 4 is 0 Å². The summed E-state index contributed by atoms with van der Waals surface area (Å²) in [6, 6.07) is 0. The fraction of sp³-hybridized carbons (Fsp3) is 1.00. The van der Waals surface area contributed by atoms with E-state index in [4.69, 9.17) is 9.47 Å². The molecule has 2 saturated heterocycles. The smallest absolute Gasteiger partial charge is 0.0811 e. The van der Waals surface area contributed by atoms with Crippen LogP contribution >= 0.6 is 0 Å². The zero-order valence-corrected chi connectivity index (χ0v) is 6.26. The molecule has 2 aliphatic heterocycles. The van der Waals surface area contributed by atoms with Gasteiger partial charge in [0, 0.05) is 0 Å². The average molecular weight is 130 g/mol. The van der Waals surface area contributed by atoms with Crippen LogP contribution in [0.5, 0.6) is 0 Å². The predicted octanol–water partition coefficient (Wildman–Crippen LogP) is 1.20. The summed E-state index contributed by atoms with van der Waals surface area (Å²) in [4.78, 5) is 0. The second-order valence-electron chi connectivity index (χ2n) is 2.69. The van der Waals surface area contributed by atoms with Gasteiger partial charge in [-0.25, -0.2) is 0 Å². The van der Waals surface area contributed by atoms with Crippen LogP contribution in [0.4, 0.5) is 0 Å². The summed E-state index contributed by atoms with van der Waals surface area (Å²) in [6.45, 7) is 7.19. The van der Waals surface area contributed by atoms with Crippen molar-refractivity contribution in [3.05, 3.63) is 0 Å². The molecule has 0 amide bonds. The minimum Gasteiger partial charge on any atom is -0.373 e. The molecule has 2 fully saturated rings. The zero-order valence-electron chi connectivity index (χ0n) is 6.26. The van der Waals surface area contributed by atoms with E-state index in [1.165, 1.54) is 0 Å². The van der Waals surface area contributed by atoms with Crippen molar-refractivity contribution in [2.75, 3.05) is 6.61 Å². The van der Waals surface area contributed by atoms with Crippen molar-refractivity contribution < 1.29 is 9.47 Å². The van der Waals surface area contributed by atoms with E-state index >= 15 is 0 Å². The molecule has 3 unspecified atom stereocenters. The molecule has 2 rings (SSSR count). The van der Waals surface area contributed by atoms with Gasteiger partial charge < -0.3 is 9.47 Å². The summed E-state index contributed by atoms with van der Waals surface area (Å²) >= 11 is 0. The van der Waals surface area contributed by atoms with E-state index in [-0.39, 0.29) is 0 Å². The molecule has 2 heteroatoms. The van der Waals surface area contributed by atoms with Gasteiger partial charge in [-0.3, -0.25) is 0 Å². The summed E-state index contributed by atoms with van der Waals surface area (Å²) in [6.07, 6.45) is 1.69. The summed E-state index contributed by atoms with van der Waals surface area (Å²) in [5.74, 6) is 0. The van der Waals surface area contributed by atoms with E-state index in [2.05, 4.69) is 20.8 Å². The Bertz CT molecular complexity index is 82.9. The lowest BCUT2D eigenvalue weighted by atomic mass is 10.4. The Morgan fingerprint density at radius 2 is 1.33 bits per heavy atom. The molecule has 0 saturated carbocycles. The normalized spacial score (nSPS) is 45.0. The fourth-order valence-electron chi connectivity index (χ4n) is 0.389. The van der Waals surface area contributed by atoms with E-state index in [0.29, 0.717) is 18.3 Å². The molecule has 2 nitrogen and oxygen atoms in total. The quantitative estimate of drug-likeness (QED) is 0.460. The van der Waals surface area contributed by atoms with Crippen molar-refractivity contribution in [2.45, 2.75) is 39.1 Å². The number of hydrogen-bond acceptors (Lipinski definition) is 2. The Kier molecular flexibility index (Phi) is 2.09. The van der Waals surface area contributed by atoms with Gasteiger partial charge in [-0.05, 0) is 20.8 Å². The van der Waals surface area contributed by atoms with Gasteiger partial charge in [-0.1, -0.05) is 0 Å². The van der Waals surface area contributed by atoms with Crippen LogP contribution in [0, 0.1) is 0 Å². The van der Waals surface area contributed by atoms with Crippen molar-refractivity contribution in [3.8, 4) is 0 Å². The van der Waals surface area contributed by atoms with Crippen LogP contribution in [0.1, 0.15) is 20.8 Å². The Morgan fingerprint density at radius 3 is 1.33 bits per heavy atom. The van der Waals surface area contributed by atoms with Crippen LogP contribution in [0.15, 0.2) is 0 Å². The monoisotopic (exact) mass is 130 g/mol. The lowest BCUT2D eigenvalue weighted by molar-refractivity contribution is 0.389. The molecule has 0 spiro atoms. The summed E-state index contributed by atoms with van der Waals surface area (Å²) in [5, 5.41) is 0. The molecule has 2 heterocycles. The molecule has 0 bridgehead atoms. The van der Waals surface area contributed by atoms with Crippen LogP contribution in [-0.2, 0) is 9.47 Å². The SMILES string of the molecule is CC1CO1.CC1OC1C. The van der Waals surface area contributed by atoms with Crippen molar-refractivity contribution in [2.24, 2.45) is 0 Å². The first-order chi connectivity index (χ1) is 4.20. The molecule has 9 heavy (non-hydrogen) atoms. The highest BCUT2D eigenvalue weighted by Crippen LogP contribution is 2.18. The highest BCUT2D eigenvalue weighted by Gasteiger charge is 2.27. The Labute approximate surface area is 56.2 Å². The van der Waals surface area contributed by atoms with E-state index in [1.54, 1.807) is 0 Å². The summed E-state index contributed by atoms with van der Waals surface area (Å²) in [5.41, 5.74) is 0. The lowest BCUT2D eigenvalue weighted by Crippen LogP contribution is -1.74. The summed E-state index contributed by atoms with van der Waals surface area (Å²) < 4.78 is 9.62. The molecule has 0 aromatic carbocycles. The second-order valence-corrected chi connectivity index (χ2v) is 2.69. The molecular weight excluding hydrogens is 116 g/mol. The third-order valence-corrected chi connectivity index (χ3v) is 1.51. The number of epoxide rings is 2. The van der Waals surface area contributed by atoms with Crippen molar-refractivity contribution in [1.29, 1.82) is 0 Å². The van der Waals surface area contributed by atoms with Crippen LogP contribution in [0.3, 0.4) is 0 Å². The van der Waals surface area contributed by atoms with Gasteiger partial charge in [0.05, 0.1) is 24.9 Å². The minimum absolute atomic E-state index is 0.551. The predicted molar refractivity (Wildman–Crippen MR) is 35.4 cm³/mol. The molecule has 0 aromatic rings. The average Bonchev–Trinajstić information content (AvgIpc) is 2.59. The van der Waals surface area contributed by atoms with E-state index in [1.807, 2.05) is 0 Å². The number of hydrogen-bond donors (Lipinski definition) is 0. The number of rotatable bonds is 0. The van der Waals surface area contributed by atoms with Gasteiger partial charge in [0.15, 0.2) is 0 Å². The first-order valence-electron chi connectivity index (χ1n) is 3.47. The van der Waals surface area contributed by atoms with Gasteiger partial charge in [-0.2, -0.15) is 0 Å². The Morgan fingerprint density at radius 1 is 1.11 bits per heavy atom. The maximum Gasteiger partial charge on any atom is 0.0811 e. The van der Waals surface area contributed by atoms with Crippen LogP contribution in [-0.4, -0.2) is 24.9 Å². The largest absolute Gasteiger partial charge is 0.373 e. The fourth-order valence-corrected chi connectivity index (χ4v) is 0.389. The highest BCUT2D eigenvalue weighted by molar-refractivity contribution is 4.73. The van der Waals surface area contributed by atoms with Crippen molar-refractivity contribution in [1.82, 2.24) is 0 Å². The topological polar surface area (TPSA) is 25.1 Å². The minimum atomic E-state index is 0.551. The zero-order chi connectivity index (χ0) is 6.85. The highest BCUT2D eigenvalue weighted by atomic mass is 16.6. The third-order valence-electron chi connectivity index (χ3n) is 1.51. The second kappa shape index (κ2) is 2.67. The van der Waals surface area contributed by atoms with Crippen molar-refractivity contribution in [3.63, 3.8) is 0 Å². The van der Waals surface area contributed by atoms with Gasteiger partial charge in [-0.15, -0.1) is 0 Å². The maximum absolute atomic E-state index is 4.92. The molecule has 0 radical (unpaired) electrons. The van der Waals surface area contributed by atoms with Gasteiger partial charge in [0.25, 0.3) is 0 Å². The molecule has 0 aliphatic carbocycles. The molecular formula is C7H14O2. The number of ether oxygens (including phenoxy) is 2. The molecule has 0 N–H and O–H groups in total. The molecule has 2 aliphatic rings. The van der Waals surface area contributed by atoms with Crippen LogP contribution < -0.4 is 0 Å². The maximum atomic E-state index is 4.92. The molecule has 3 atom stereocenters. The Hall–Kier alpha value is -0.0800. The van der Waals surface area contributed by atoms with E-state index in [9.17, 15) is 0 Å². The summed E-state index contributed by atoms with van der Waals surface area (Å²) in [7, 11) is 0. The standard InChI is InChI=1S/C4H8O.C3H6O/c1-3-4(2)5-3;1-3-2-4-3/h3-4H,1-2H3;3H,2H2,1H3. The molecule has 54 valence electrons. The lowest BCUT2D eigenvalue weighted by Gasteiger charge is -1.57. The van der Waals surface area contributed by atoms with Gasteiger partial charge in [0.1, 0.15) is 0 Å². The van der Waals surface area contributed by atoms with E-state index in [0.717, 1.165) is 6.61 Å². The van der Waals surface area contributed by atoms with Gasteiger partial charge >= 0.3 is 0 Å². The third kappa shape index (κ3) is 3.49. The first-order valence-corrected chi connectivity index (χ1v) is 3.47. The first kappa shape index (κ1) is 7.03. The Balaban J connectivity index is 0.0000000922. The van der Waals surface area contributed by atoms with E-state index < -0.39 is 0 Å².